The van der Waals surface area contributed by atoms with Gasteiger partial charge in [-0.2, -0.15) is 0 Å². The highest BCUT2D eigenvalue weighted by Crippen LogP contribution is 2.40. The average molecular weight is 356 g/mol. The molecule has 0 atom stereocenters. The SMILES string of the molecule is CCOCCC1(CNC(=NC)NCCCCCC(=O)OC)CCCC1. The van der Waals surface area contributed by atoms with Crippen LogP contribution < -0.4 is 10.6 Å². The molecular formula is C19H37N3O3. The lowest BCUT2D eigenvalue weighted by Crippen LogP contribution is -2.43. The number of esters is 1. The van der Waals surface area contributed by atoms with Crippen LogP contribution in [-0.2, 0) is 14.3 Å². The van der Waals surface area contributed by atoms with Gasteiger partial charge in [0.2, 0.25) is 0 Å². The van der Waals surface area contributed by atoms with Crippen LogP contribution in [0.15, 0.2) is 4.99 Å². The van der Waals surface area contributed by atoms with Gasteiger partial charge in [-0.15, -0.1) is 0 Å². The Labute approximate surface area is 153 Å². The van der Waals surface area contributed by atoms with E-state index in [1.807, 2.05) is 7.05 Å². The van der Waals surface area contributed by atoms with Gasteiger partial charge < -0.3 is 20.1 Å². The van der Waals surface area contributed by atoms with E-state index in [1.54, 1.807) is 0 Å². The molecule has 0 amide bonds. The van der Waals surface area contributed by atoms with Gasteiger partial charge in [0.15, 0.2) is 5.96 Å². The first-order chi connectivity index (χ1) is 12.2. The minimum absolute atomic E-state index is 0.126. The number of ether oxygens (including phenoxy) is 2. The molecule has 0 saturated heterocycles. The van der Waals surface area contributed by atoms with Crippen molar-refractivity contribution in [2.75, 3.05) is 40.5 Å². The lowest BCUT2D eigenvalue weighted by molar-refractivity contribution is -0.140. The van der Waals surface area contributed by atoms with Gasteiger partial charge in [0, 0.05) is 39.8 Å². The molecule has 0 unspecified atom stereocenters. The van der Waals surface area contributed by atoms with E-state index in [0.29, 0.717) is 11.8 Å². The maximum atomic E-state index is 11.1. The van der Waals surface area contributed by atoms with E-state index in [-0.39, 0.29) is 5.97 Å². The second-order valence-electron chi connectivity index (χ2n) is 6.89. The fourth-order valence-corrected chi connectivity index (χ4v) is 3.44. The van der Waals surface area contributed by atoms with Gasteiger partial charge in [-0.3, -0.25) is 9.79 Å². The lowest BCUT2D eigenvalue weighted by Gasteiger charge is -2.30. The Morgan fingerprint density at radius 1 is 1.16 bits per heavy atom. The maximum absolute atomic E-state index is 11.1. The van der Waals surface area contributed by atoms with Crippen LogP contribution in [0, 0.1) is 5.41 Å². The van der Waals surface area contributed by atoms with E-state index in [0.717, 1.165) is 57.9 Å². The van der Waals surface area contributed by atoms with Crippen molar-refractivity contribution in [1.29, 1.82) is 0 Å². The van der Waals surface area contributed by atoms with Gasteiger partial charge in [0.25, 0.3) is 0 Å². The molecule has 1 saturated carbocycles. The number of guanidine groups is 1. The molecule has 0 aliphatic heterocycles. The quantitative estimate of drug-likeness (QED) is 0.244. The number of nitrogens with zero attached hydrogens (tertiary/aromatic N) is 1. The van der Waals surface area contributed by atoms with Crippen molar-refractivity contribution < 1.29 is 14.3 Å². The molecule has 0 spiro atoms. The van der Waals surface area contributed by atoms with Gasteiger partial charge in [0.05, 0.1) is 7.11 Å². The summed E-state index contributed by atoms with van der Waals surface area (Å²) in [4.78, 5) is 15.4. The topological polar surface area (TPSA) is 72.0 Å². The number of hydrogen-bond acceptors (Lipinski definition) is 4. The molecule has 0 radical (unpaired) electrons. The average Bonchev–Trinajstić information content (AvgIpc) is 3.09. The fourth-order valence-electron chi connectivity index (χ4n) is 3.44. The molecule has 146 valence electrons. The van der Waals surface area contributed by atoms with Crippen LogP contribution >= 0.6 is 0 Å². The lowest BCUT2D eigenvalue weighted by atomic mass is 9.83. The van der Waals surface area contributed by atoms with Crippen LogP contribution in [0.3, 0.4) is 0 Å². The summed E-state index contributed by atoms with van der Waals surface area (Å²) in [5.74, 6) is 0.745. The first-order valence-electron chi connectivity index (χ1n) is 9.75. The zero-order chi connectivity index (χ0) is 18.4. The second-order valence-corrected chi connectivity index (χ2v) is 6.89. The van der Waals surface area contributed by atoms with Gasteiger partial charge >= 0.3 is 5.97 Å². The second kappa shape index (κ2) is 13.0. The predicted octanol–water partition coefficient (Wildman–Crippen LogP) is 2.87. The summed E-state index contributed by atoms with van der Waals surface area (Å²) in [6, 6.07) is 0. The third-order valence-electron chi connectivity index (χ3n) is 5.08. The Hall–Kier alpha value is -1.30. The Morgan fingerprint density at radius 3 is 2.56 bits per heavy atom. The van der Waals surface area contributed by atoms with Crippen molar-refractivity contribution in [3.05, 3.63) is 0 Å². The molecular weight excluding hydrogens is 318 g/mol. The molecule has 0 heterocycles. The summed E-state index contributed by atoms with van der Waals surface area (Å²) in [6.45, 7) is 5.53. The van der Waals surface area contributed by atoms with E-state index in [9.17, 15) is 4.79 Å². The molecule has 0 aromatic carbocycles. The number of carbonyl (C=O) groups excluding carboxylic acids is 1. The minimum Gasteiger partial charge on any atom is -0.469 e. The predicted molar refractivity (Wildman–Crippen MR) is 102 cm³/mol. The molecule has 2 N–H and O–H groups in total. The normalized spacial score (nSPS) is 16.7. The number of carbonyl (C=O) groups is 1. The van der Waals surface area contributed by atoms with Crippen LogP contribution in [0.25, 0.3) is 0 Å². The largest absolute Gasteiger partial charge is 0.469 e. The highest BCUT2D eigenvalue weighted by atomic mass is 16.5. The van der Waals surface area contributed by atoms with Crippen LogP contribution in [-0.4, -0.2) is 52.4 Å². The first kappa shape index (κ1) is 21.7. The molecule has 1 aliphatic rings. The van der Waals surface area contributed by atoms with Crippen molar-refractivity contribution >= 4 is 11.9 Å². The van der Waals surface area contributed by atoms with Crippen molar-refractivity contribution in [3.63, 3.8) is 0 Å². The molecule has 1 aliphatic carbocycles. The molecule has 0 bridgehead atoms. The number of nitrogens with one attached hydrogen (secondary N) is 2. The third kappa shape index (κ3) is 9.10. The zero-order valence-electron chi connectivity index (χ0n) is 16.4. The van der Waals surface area contributed by atoms with E-state index in [2.05, 4.69) is 27.3 Å². The highest BCUT2D eigenvalue weighted by molar-refractivity contribution is 5.79. The van der Waals surface area contributed by atoms with Gasteiger partial charge in [-0.1, -0.05) is 19.3 Å². The van der Waals surface area contributed by atoms with Gasteiger partial charge in [-0.25, -0.2) is 0 Å². The number of unbranched alkanes of at least 4 members (excludes halogenated alkanes) is 2. The Bertz CT molecular complexity index is 393. The maximum Gasteiger partial charge on any atom is 0.305 e. The Morgan fingerprint density at radius 2 is 1.92 bits per heavy atom. The summed E-state index contributed by atoms with van der Waals surface area (Å²) in [5.41, 5.74) is 0.354. The summed E-state index contributed by atoms with van der Waals surface area (Å²) in [5, 5.41) is 6.88. The van der Waals surface area contributed by atoms with E-state index in [4.69, 9.17) is 4.74 Å². The number of rotatable bonds is 12. The molecule has 25 heavy (non-hydrogen) atoms. The molecule has 0 aromatic heterocycles. The van der Waals surface area contributed by atoms with E-state index in [1.165, 1.54) is 32.8 Å². The molecule has 6 heteroatoms. The van der Waals surface area contributed by atoms with Crippen LogP contribution in [0.5, 0.6) is 0 Å². The van der Waals surface area contributed by atoms with Crippen molar-refractivity contribution in [1.82, 2.24) is 10.6 Å². The van der Waals surface area contributed by atoms with Crippen LogP contribution in [0.2, 0.25) is 0 Å². The van der Waals surface area contributed by atoms with E-state index >= 15 is 0 Å². The first-order valence-corrected chi connectivity index (χ1v) is 9.75. The minimum atomic E-state index is -0.126. The van der Waals surface area contributed by atoms with E-state index < -0.39 is 0 Å². The molecule has 1 fully saturated rings. The van der Waals surface area contributed by atoms with Crippen LogP contribution in [0.4, 0.5) is 0 Å². The fraction of sp³-hybridized carbons (Fsp3) is 0.895. The van der Waals surface area contributed by atoms with Crippen molar-refractivity contribution in [3.8, 4) is 0 Å². The van der Waals surface area contributed by atoms with Crippen molar-refractivity contribution in [2.24, 2.45) is 10.4 Å². The monoisotopic (exact) mass is 355 g/mol. The van der Waals surface area contributed by atoms with Crippen molar-refractivity contribution in [2.45, 2.75) is 64.7 Å². The standard InChI is InChI=1S/C19H37N3O3/c1-4-25-15-13-19(11-7-8-12-19)16-22-18(20-2)21-14-9-5-6-10-17(23)24-3/h4-16H2,1-3H3,(H2,20,21,22). The number of aliphatic imine (C=N–C) groups is 1. The molecule has 0 aromatic rings. The van der Waals surface area contributed by atoms with Gasteiger partial charge in [-0.05, 0) is 44.4 Å². The molecule has 6 nitrogen and oxygen atoms in total. The summed E-state index contributed by atoms with van der Waals surface area (Å²) in [7, 11) is 3.25. The Balaban J connectivity index is 2.22. The third-order valence-corrected chi connectivity index (χ3v) is 5.08. The van der Waals surface area contributed by atoms with Gasteiger partial charge in [0.1, 0.15) is 0 Å². The zero-order valence-corrected chi connectivity index (χ0v) is 16.4. The number of hydrogen-bond donors (Lipinski definition) is 2. The summed E-state index contributed by atoms with van der Waals surface area (Å²) < 4.78 is 10.2. The smallest absolute Gasteiger partial charge is 0.305 e. The Kier molecular flexibility index (Phi) is 11.3. The number of methoxy groups -OCH3 is 1. The highest BCUT2D eigenvalue weighted by Gasteiger charge is 2.33. The summed E-state index contributed by atoms with van der Waals surface area (Å²) >= 11 is 0. The van der Waals surface area contributed by atoms with Crippen LogP contribution in [0.1, 0.15) is 64.7 Å². The molecule has 1 rings (SSSR count). The summed E-state index contributed by atoms with van der Waals surface area (Å²) in [6.07, 6.45) is 9.73.